The van der Waals surface area contributed by atoms with Gasteiger partial charge in [-0.2, -0.15) is 0 Å². The van der Waals surface area contributed by atoms with E-state index in [1.165, 1.54) is 20.3 Å². The zero-order valence-corrected chi connectivity index (χ0v) is 12.9. The maximum Gasteiger partial charge on any atom is 0.332 e. The molecule has 1 N–H and O–H groups in total. The van der Waals surface area contributed by atoms with Gasteiger partial charge in [0.15, 0.2) is 0 Å². The number of rotatable bonds is 3. The molecule has 120 valence electrons. The number of hydrogen-bond acceptors (Lipinski definition) is 5. The highest BCUT2D eigenvalue weighted by molar-refractivity contribution is 6.09. The van der Waals surface area contributed by atoms with E-state index in [9.17, 15) is 14.7 Å². The molecule has 0 radical (unpaired) electrons. The smallest absolute Gasteiger partial charge is 0.332 e. The van der Waals surface area contributed by atoms with Gasteiger partial charge >= 0.3 is 5.97 Å². The monoisotopic (exact) mass is 315 g/mol. The Hall–Kier alpha value is -2.44. The van der Waals surface area contributed by atoms with Gasteiger partial charge in [0.05, 0.1) is 5.70 Å². The van der Waals surface area contributed by atoms with E-state index in [1.54, 1.807) is 30.5 Å². The summed E-state index contributed by atoms with van der Waals surface area (Å²) in [4.78, 5) is 25.9. The fraction of sp³-hybridized carbons (Fsp3) is 0.294. The third-order valence-electron chi connectivity index (χ3n) is 4.27. The summed E-state index contributed by atoms with van der Waals surface area (Å²) in [6.07, 6.45) is 3.39. The molecule has 0 saturated heterocycles. The number of carboxylic acids is 1. The minimum Gasteiger partial charge on any atom is -0.478 e. The van der Waals surface area contributed by atoms with Gasteiger partial charge in [0.2, 0.25) is 5.78 Å². The molecular formula is C17H17NO5. The van der Waals surface area contributed by atoms with Crippen LogP contribution in [0.2, 0.25) is 0 Å². The Labute approximate surface area is 132 Å². The molecule has 0 bridgehead atoms. The van der Waals surface area contributed by atoms with E-state index in [1.807, 2.05) is 4.90 Å². The van der Waals surface area contributed by atoms with Crippen LogP contribution in [0.25, 0.3) is 11.3 Å². The molecule has 0 saturated carbocycles. The summed E-state index contributed by atoms with van der Waals surface area (Å²) in [5, 5.41) is 10.7. The summed E-state index contributed by atoms with van der Waals surface area (Å²) in [6.45, 7) is 0.421. The number of fused-ring (bicyclic) bond motifs is 2. The molecule has 2 heterocycles. The van der Waals surface area contributed by atoms with Crippen molar-refractivity contribution in [2.24, 2.45) is 0 Å². The molecule has 0 unspecified atom stereocenters. The number of carbonyl (C=O) groups is 2. The number of benzene rings is 1. The first kappa shape index (κ1) is 15.5. The number of ether oxygens (including phenoxy) is 2. The van der Waals surface area contributed by atoms with Crippen molar-refractivity contribution in [2.45, 2.75) is 12.2 Å². The van der Waals surface area contributed by atoms with Crippen molar-refractivity contribution >= 4 is 23.0 Å². The average Bonchev–Trinajstić information content (AvgIpc) is 2.73. The Morgan fingerprint density at radius 1 is 1.22 bits per heavy atom. The summed E-state index contributed by atoms with van der Waals surface area (Å²) in [5.74, 6) is -2.87. The van der Waals surface area contributed by atoms with E-state index in [0.29, 0.717) is 34.7 Å². The molecule has 1 aromatic carbocycles. The van der Waals surface area contributed by atoms with Crippen LogP contribution in [-0.4, -0.2) is 48.3 Å². The molecule has 3 rings (SSSR count). The van der Waals surface area contributed by atoms with Crippen molar-refractivity contribution in [2.75, 3.05) is 20.8 Å². The predicted molar refractivity (Wildman–Crippen MR) is 82.4 cm³/mol. The molecule has 6 heteroatoms. The van der Waals surface area contributed by atoms with Crippen molar-refractivity contribution in [1.29, 1.82) is 0 Å². The number of hydrogen-bond donors (Lipinski definition) is 1. The second-order valence-electron chi connectivity index (χ2n) is 5.33. The van der Waals surface area contributed by atoms with E-state index in [-0.39, 0.29) is 5.78 Å². The summed E-state index contributed by atoms with van der Waals surface area (Å²) >= 11 is 0. The molecule has 0 aromatic heterocycles. The quantitative estimate of drug-likeness (QED) is 0.780. The topological polar surface area (TPSA) is 76.1 Å². The van der Waals surface area contributed by atoms with Gasteiger partial charge in [-0.25, -0.2) is 4.79 Å². The highest BCUT2D eigenvalue weighted by Crippen LogP contribution is 2.32. The van der Waals surface area contributed by atoms with Crippen LogP contribution in [0.1, 0.15) is 6.42 Å². The zero-order chi connectivity index (χ0) is 16.6. The summed E-state index contributed by atoms with van der Waals surface area (Å²) in [5.41, 5.74) is 0.825. The second-order valence-corrected chi connectivity index (χ2v) is 5.33. The fourth-order valence-corrected chi connectivity index (χ4v) is 3.19. The lowest BCUT2D eigenvalue weighted by molar-refractivity contribution is -0.182. The maximum absolute atomic E-state index is 12.5. The van der Waals surface area contributed by atoms with Gasteiger partial charge in [0.25, 0.3) is 5.79 Å². The highest BCUT2D eigenvalue weighted by atomic mass is 16.7. The van der Waals surface area contributed by atoms with Crippen LogP contribution in [0.15, 0.2) is 36.5 Å². The van der Waals surface area contributed by atoms with Gasteiger partial charge in [-0.3, -0.25) is 4.79 Å². The number of carboxylic acid groups (broad SMARTS) is 1. The Morgan fingerprint density at radius 2 is 1.87 bits per heavy atom. The van der Waals surface area contributed by atoms with E-state index < -0.39 is 11.8 Å². The molecule has 2 aliphatic rings. The van der Waals surface area contributed by atoms with E-state index in [4.69, 9.17) is 9.47 Å². The van der Waals surface area contributed by atoms with Crippen molar-refractivity contribution in [3.8, 4) is 0 Å². The van der Waals surface area contributed by atoms with Crippen molar-refractivity contribution < 1.29 is 24.2 Å². The van der Waals surface area contributed by atoms with Gasteiger partial charge in [-0.05, 0) is 11.6 Å². The molecule has 0 atom stereocenters. The van der Waals surface area contributed by atoms with Crippen LogP contribution in [0.4, 0.5) is 0 Å². The molecular weight excluding hydrogens is 298 g/mol. The average molecular weight is 315 g/mol. The number of aliphatic carboxylic acids is 1. The summed E-state index contributed by atoms with van der Waals surface area (Å²) in [6, 6.07) is 7.10. The minimum absolute atomic E-state index is 0.310. The largest absolute Gasteiger partial charge is 0.478 e. The Bertz CT molecular complexity index is 820. The third kappa shape index (κ3) is 2.18. The molecule has 0 aliphatic carbocycles. The second kappa shape index (κ2) is 5.64. The van der Waals surface area contributed by atoms with Crippen LogP contribution in [0, 0.1) is 0 Å². The van der Waals surface area contributed by atoms with Gasteiger partial charge in [-0.1, -0.05) is 24.3 Å². The zero-order valence-electron chi connectivity index (χ0n) is 12.9. The number of methoxy groups -OCH3 is 2. The van der Waals surface area contributed by atoms with Gasteiger partial charge < -0.3 is 19.5 Å². The highest BCUT2D eigenvalue weighted by Gasteiger charge is 2.47. The number of nitrogens with zero attached hydrogens (tertiary/aromatic N) is 1. The first-order valence-corrected chi connectivity index (χ1v) is 7.21. The van der Waals surface area contributed by atoms with E-state index in [2.05, 4.69) is 0 Å². The molecule has 23 heavy (non-hydrogen) atoms. The first-order valence-electron chi connectivity index (χ1n) is 7.21. The summed E-state index contributed by atoms with van der Waals surface area (Å²) in [7, 11) is 2.81. The molecule has 6 nitrogen and oxygen atoms in total. The van der Waals surface area contributed by atoms with Gasteiger partial charge in [0, 0.05) is 43.8 Å². The van der Waals surface area contributed by atoms with Crippen LogP contribution >= 0.6 is 0 Å². The SMILES string of the molecule is COC1(OC)C(=O)C=CN2CCC(C(=O)O)=c3ccccc3=C21. The molecule has 2 aliphatic heterocycles. The lowest BCUT2D eigenvalue weighted by Gasteiger charge is -2.39. The lowest BCUT2D eigenvalue weighted by Crippen LogP contribution is -2.53. The Balaban J connectivity index is 2.51. The van der Waals surface area contributed by atoms with Crippen molar-refractivity contribution in [1.82, 2.24) is 4.90 Å². The minimum atomic E-state index is -1.57. The predicted octanol–water partition coefficient (Wildman–Crippen LogP) is -0.179. The normalized spacial score (nSPS) is 19.2. The van der Waals surface area contributed by atoms with Crippen molar-refractivity contribution in [3.05, 3.63) is 47.0 Å². The lowest BCUT2D eigenvalue weighted by atomic mass is 9.99. The molecule has 0 spiro atoms. The Kier molecular flexibility index (Phi) is 3.79. The van der Waals surface area contributed by atoms with Crippen LogP contribution in [0.3, 0.4) is 0 Å². The molecule has 0 fully saturated rings. The standard InChI is InChI=1S/C17H17NO5/c1-22-17(23-2)14(19)8-10-18-9-7-13(16(20)21)11-5-3-4-6-12(11)15(17)18/h3-6,8,10H,7,9H2,1-2H3,(H,20,21). The first-order chi connectivity index (χ1) is 11.0. The van der Waals surface area contributed by atoms with Crippen LogP contribution in [0.5, 0.6) is 0 Å². The number of ketones is 1. The summed E-state index contributed by atoms with van der Waals surface area (Å²) < 4.78 is 10.9. The van der Waals surface area contributed by atoms with E-state index >= 15 is 0 Å². The number of carbonyl (C=O) groups excluding carboxylic acids is 1. The maximum atomic E-state index is 12.5. The fourth-order valence-electron chi connectivity index (χ4n) is 3.19. The van der Waals surface area contributed by atoms with Gasteiger partial charge in [-0.15, -0.1) is 0 Å². The Morgan fingerprint density at radius 3 is 2.48 bits per heavy atom. The third-order valence-corrected chi connectivity index (χ3v) is 4.27. The molecule has 1 aromatic rings. The van der Waals surface area contributed by atoms with Crippen molar-refractivity contribution in [3.63, 3.8) is 0 Å². The molecule has 0 amide bonds. The van der Waals surface area contributed by atoms with Crippen LogP contribution in [-0.2, 0) is 19.1 Å². The van der Waals surface area contributed by atoms with Gasteiger partial charge in [0.1, 0.15) is 0 Å². The van der Waals surface area contributed by atoms with Crippen LogP contribution < -0.4 is 10.4 Å². The van der Waals surface area contributed by atoms with E-state index in [0.717, 1.165) is 0 Å².